The maximum atomic E-state index is 12.3. The van der Waals surface area contributed by atoms with Crippen molar-refractivity contribution in [1.29, 1.82) is 0 Å². The van der Waals surface area contributed by atoms with Crippen molar-refractivity contribution in [3.63, 3.8) is 0 Å². The van der Waals surface area contributed by atoms with Crippen molar-refractivity contribution < 1.29 is 4.79 Å². The zero-order valence-electron chi connectivity index (χ0n) is 12.6. The molecule has 0 heterocycles. The van der Waals surface area contributed by atoms with Crippen molar-refractivity contribution in [2.24, 2.45) is 0 Å². The molecule has 0 radical (unpaired) electrons. The third-order valence-electron chi connectivity index (χ3n) is 3.35. The lowest BCUT2D eigenvalue weighted by molar-refractivity contribution is 0.0993. The first kappa shape index (κ1) is 14.3. The number of nitrogens with zero attached hydrogens (tertiary/aromatic N) is 1. The zero-order chi connectivity index (χ0) is 14.7. The number of aryl methyl sites for hydroxylation is 2. The molecule has 2 heteroatoms. The Morgan fingerprint density at radius 3 is 2.00 bits per heavy atom. The Hall–Kier alpha value is -2.09. The predicted molar refractivity (Wildman–Crippen MR) is 84.7 cm³/mol. The maximum absolute atomic E-state index is 12.3. The Balaban J connectivity index is 2.15. The zero-order valence-corrected chi connectivity index (χ0v) is 12.6. The first-order chi connectivity index (χ1) is 9.45. The highest BCUT2D eigenvalue weighted by Gasteiger charge is 2.08. The van der Waals surface area contributed by atoms with Crippen LogP contribution in [0.25, 0.3) is 0 Å². The summed E-state index contributed by atoms with van der Waals surface area (Å²) in [5.41, 5.74) is 5.37. The fourth-order valence-electron chi connectivity index (χ4n) is 2.40. The SMILES string of the molecule is Cc1cc(C)cc(CC(=O)c2ccc(N(C)C)cc2)c1. The van der Waals surface area contributed by atoms with Crippen molar-refractivity contribution in [1.82, 2.24) is 0 Å². The molecule has 0 unspecified atom stereocenters. The Morgan fingerprint density at radius 1 is 0.950 bits per heavy atom. The van der Waals surface area contributed by atoms with Crippen LogP contribution in [0.1, 0.15) is 27.0 Å². The van der Waals surface area contributed by atoms with Crippen molar-refractivity contribution >= 4 is 11.5 Å². The second kappa shape index (κ2) is 5.91. The van der Waals surface area contributed by atoms with Gasteiger partial charge in [-0.2, -0.15) is 0 Å². The molecule has 2 nitrogen and oxygen atoms in total. The molecule has 0 aliphatic rings. The van der Waals surface area contributed by atoms with Gasteiger partial charge in [-0.3, -0.25) is 4.79 Å². The molecule has 0 aromatic heterocycles. The van der Waals surface area contributed by atoms with E-state index in [4.69, 9.17) is 0 Å². The molecule has 2 aromatic rings. The van der Waals surface area contributed by atoms with Gasteiger partial charge in [0, 0.05) is 31.8 Å². The van der Waals surface area contributed by atoms with Gasteiger partial charge in [-0.05, 0) is 43.7 Å². The van der Waals surface area contributed by atoms with Crippen LogP contribution in [0.15, 0.2) is 42.5 Å². The van der Waals surface area contributed by atoms with Gasteiger partial charge in [-0.1, -0.05) is 29.3 Å². The molecule has 0 atom stereocenters. The monoisotopic (exact) mass is 267 g/mol. The highest BCUT2D eigenvalue weighted by molar-refractivity contribution is 5.97. The van der Waals surface area contributed by atoms with Crippen molar-refractivity contribution in [2.75, 3.05) is 19.0 Å². The van der Waals surface area contributed by atoms with Crippen LogP contribution in [0.2, 0.25) is 0 Å². The quantitative estimate of drug-likeness (QED) is 0.785. The summed E-state index contributed by atoms with van der Waals surface area (Å²) in [7, 11) is 3.98. The Bertz CT molecular complexity index is 592. The molecule has 0 N–H and O–H groups in total. The van der Waals surface area contributed by atoms with Crippen LogP contribution in [0.5, 0.6) is 0 Å². The van der Waals surface area contributed by atoms with Crippen molar-refractivity contribution in [3.05, 3.63) is 64.7 Å². The lowest BCUT2D eigenvalue weighted by Gasteiger charge is -2.12. The Morgan fingerprint density at radius 2 is 1.50 bits per heavy atom. The number of carbonyl (C=O) groups is 1. The van der Waals surface area contributed by atoms with Gasteiger partial charge in [0.05, 0.1) is 0 Å². The van der Waals surface area contributed by atoms with Crippen LogP contribution in [-0.4, -0.2) is 19.9 Å². The summed E-state index contributed by atoms with van der Waals surface area (Å²) in [6.07, 6.45) is 0.462. The van der Waals surface area contributed by atoms with Gasteiger partial charge in [0.2, 0.25) is 0 Å². The van der Waals surface area contributed by atoms with Crippen LogP contribution in [-0.2, 0) is 6.42 Å². The summed E-state index contributed by atoms with van der Waals surface area (Å²) in [6, 6.07) is 14.1. The number of hydrogen-bond acceptors (Lipinski definition) is 2. The summed E-state index contributed by atoms with van der Waals surface area (Å²) < 4.78 is 0. The fraction of sp³-hybridized carbons (Fsp3) is 0.278. The lowest BCUT2D eigenvalue weighted by atomic mass is 9.99. The molecule has 0 aliphatic carbocycles. The van der Waals surface area contributed by atoms with Gasteiger partial charge < -0.3 is 4.90 Å². The second-order valence-corrected chi connectivity index (χ2v) is 5.54. The van der Waals surface area contributed by atoms with E-state index in [1.54, 1.807) is 0 Å². The standard InChI is InChI=1S/C18H21NO/c1-13-9-14(2)11-15(10-13)12-18(20)16-5-7-17(8-6-16)19(3)4/h5-11H,12H2,1-4H3. The van der Waals surface area contributed by atoms with Crippen molar-refractivity contribution in [3.8, 4) is 0 Å². The van der Waals surface area contributed by atoms with E-state index in [9.17, 15) is 4.79 Å². The molecule has 2 aromatic carbocycles. The lowest BCUT2D eigenvalue weighted by Crippen LogP contribution is -2.09. The molecule has 0 saturated carbocycles. The molecule has 0 aliphatic heterocycles. The van der Waals surface area contributed by atoms with Gasteiger partial charge in [-0.15, -0.1) is 0 Å². The first-order valence-corrected chi connectivity index (χ1v) is 6.83. The fourth-order valence-corrected chi connectivity index (χ4v) is 2.40. The molecule has 2 rings (SSSR count). The van der Waals surface area contributed by atoms with E-state index in [1.807, 2.05) is 43.3 Å². The van der Waals surface area contributed by atoms with Crippen LogP contribution < -0.4 is 4.90 Å². The molecule has 20 heavy (non-hydrogen) atoms. The minimum Gasteiger partial charge on any atom is -0.378 e. The van der Waals surface area contributed by atoms with E-state index in [0.717, 1.165) is 16.8 Å². The van der Waals surface area contributed by atoms with Gasteiger partial charge >= 0.3 is 0 Å². The minimum absolute atomic E-state index is 0.167. The summed E-state index contributed by atoms with van der Waals surface area (Å²) in [5, 5.41) is 0. The third kappa shape index (κ3) is 3.47. The number of hydrogen-bond donors (Lipinski definition) is 0. The number of anilines is 1. The number of benzene rings is 2. The van der Waals surface area contributed by atoms with Crippen LogP contribution in [0, 0.1) is 13.8 Å². The number of ketones is 1. The molecule has 0 spiro atoms. The number of Topliss-reactive ketones (excluding diaryl/α,β-unsaturated/α-hetero) is 1. The number of carbonyl (C=O) groups excluding carboxylic acids is 1. The van der Waals surface area contributed by atoms with Gasteiger partial charge in [0.15, 0.2) is 5.78 Å². The molecule has 0 bridgehead atoms. The maximum Gasteiger partial charge on any atom is 0.167 e. The Labute approximate surface area is 121 Å². The first-order valence-electron chi connectivity index (χ1n) is 6.83. The summed E-state index contributed by atoms with van der Waals surface area (Å²) in [4.78, 5) is 14.3. The van der Waals surface area contributed by atoms with E-state index in [0.29, 0.717) is 6.42 Å². The highest BCUT2D eigenvalue weighted by atomic mass is 16.1. The smallest absolute Gasteiger partial charge is 0.167 e. The molecule has 0 saturated heterocycles. The van der Waals surface area contributed by atoms with Crippen LogP contribution in [0.4, 0.5) is 5.69 Å². The molecular formula is C18H21NO. The van der Waals surface area contributed by atoms with E-state index < -0.39 is 0 Å². The summed E-state index contributed by atoms with van der Waals surface area (Å²) in [5.74, 6) is 0.167. The van der Waals surface area contributed by atoms with Gasteiger partial charge in [-0.25, -0.2) is 0 Å². The summed E-state index contributed by atoms with van der Waals surface area (Å²) >= 11 is 0. The Kier molecular flexibility index (Phi) is 4.23. The average molecular weight is 267 g/mol. The second-order valence-electron chi connectivity index (χ2n) is 5.54. The normalized spacial score (nSPS) is 10.4. The average Bonchev–Trinajstić information content (AvgIpc) is 2.37. The van der Waals surface area contributed by atoms with E-state index >= 15 is 0 Å². The molecule has 0 amide bonds. The topological polar surface area (TPSA) is 20.3 Å². The van der Waals surface area contributed by atoms with Crippen molar-refractivity contribution in [2.45, 2.75) is 20.3 Å². The minimum atomic E-state index is 0.167. The molecule has 0 fully saturated rings. The third-order valence-corrected chi connectivity index (χ3v) is 3.35. The van der Waals surface area contributed by atoms with Crippen LogP contribution >= 0.6 is 0 Å². The predicted octanol–water partition coefficient (Wildman–Crippen LogP) is 3.79. The highest BCUT2D eigenvalue weighted by Crippen LogP contribution is 2.15. The number of rotatable bonds is 4. The van der Waals surface area contributed by atoms with Crippen LogP contribution in [0.3, 0.4) is 0 Å². The van der Waals surface area contributed by atoms with Gasteiger partial charge in [0.25, 0.3) is 0 Å². The van der Waals surface area contributed by atoms with Gasteiger partial charge in [0.1, 0.15) is 0 Å². The van der Waals surface area contributed by atoms with E-state index in [1.165, 1.54) is 11.1 Å². The van der Waals surface area contributed by atoms with E-state index in [2.05, 4.69) is 32.0 Å². The molecular weight excluding hydrogens is 246 g/mol. The van der Waals surface area contributed by atoms with E-state index in [-0.39, 0.29) is 5.78 Å². The molecule has 104 valence electrons. The summed E-state index contributed by atoms with van der Waals surface area (Å²) in [6.45, 7) is 4.12. The largest absolute Gasteiger partial charge is 0.378 e.